The molecule has 4 heteroatoms. The van der Waals surface area contributed by atoms with Crippen LogP contribution in [0.5, 0.6) is 0 Å². The molecule has 5 N–H and O–H groups in total. The third-order valence-corrected chi connectivity index (χ3v) is 2.72. The molecule has 0 aromatic carbocycles. The standard InChI is InChI=1S/C10H22N4/c11-10(12)14-8-6-9-5-3-1-2-4-7-13-9/h9,13H,1-8H2,(H4,11,12,14). The van der Waals surface area contributed by atoms with Crippen molar-refractivity contribution in [2.75, 3.05) is 13.1 Å². The van der Waals surface area contributed by atoms with Crippen molar-refractivity contribution in [2.24, 2.45) is 5.73 Å². The van der Waals surface area contributed by atoms with Gasteiger partial charge in [-0.3, -0.25) is 5.41 Å². The molecule has 0 spiro atoms. The summed E-state index contributed by atoms with van der Waals surface area (Å²) >= 11 is 0. The van der Waals surface area contributed by atoms with Gasteiger partial charge in [-0.25, -0.2) is 0 Å². The molecule has 0 amide bonds. The zero-order chi connectivity index (χ0) is 10.2. The third kappa shape index (κ3) is 5.07. The van der Waals surface area contributed by atoms with E-state index in [4.69, 9.17) is 11.1 Å². The maximum Gasteiger partial charge on any atom is 0.185 e. The minimum Gasteiger partial charge on any atom is -0.370 e. The predicted molar refractivity (Wildman–Crippen MR) is 59.4 cm³/mol. The fraction of sp³-hybridized carbons (Fsp3) is 0.900. The second-order valence-corrected chi connectivity index (χ2v) is 3.98. The fourth-order valence-electron chi connectivity index (χ4n) is 1.91. The molecular formula is C10H22N4. The Labute approximate surface area is 86.1 Å². The summed E-state index contributed by atoms with van der Waals surface area (Å²) in [6, 6.07) is 0.613. The van der Waals surface area contributed by atoms with E-state index in [0.717, 1.165) is 19.5 Å². The molecule has 0 bridgehead atoms. The highest BCUT2D eigenvalue weighted by atomic mass is 15.0. The van der Waals surface area contributed by atoms with Crippen LogP contribution in [0.4, 0.5) is 0 Å². The van der Waals surface area contributed by atoms with Crippen LogP contribution >= 0.6 is 0 Å². The van der Waals surface area contributed by atoms with Crippen LogP contribution in [0.2, 0.25) is 0 Å². The summed E-state index contributed by atoms with van der Waals surface area (Å²) in [7, 11) is 0. The first-order valence-corrected chi connectivity index (χ1v) is 5.60. The summed E-state index contributed by atoms with van der Waals surface area (Å²) in [5.41, 5.74) is 5.22. The van der Waals surface area contributed by atoms with Crippen LogP contribution in [-0.4, -0.2) is 25.1 Å². The average molecular weight is 198 g/mol. The van der Waals surface area contributed by atoms with E-state index >= 15 is 0 Å². The van der Waals surface area contributed by atoms with Gasteiger partial charge in [-0.05, 0) is 25.8 Å². The molecule has 0 aliphatic carbocycles. The van der Waals surface area contributed by atoms with Crippen molar-refractivity contribution in [1.29, 1.82) is 5.41 Å². The summed E-state index contributed by atoms with van der Waals surface area (Å²) in [4.78, 5) is 0. The zero-order valence-corrected chi connectivity index (χ0v) is 8.81. The first-order valence-electron chi connectivity index (χ1n) is 5.60. The van der Waals surface area contributed by atoms with Crippen LogP contribution in [0, 0.1) is 5.41 Å². The van der Waals surface area contributed by atoms with E-state index in [9.17, 15) is 0 Å². The third-order valence-electron chi connectivity index (χ3n) is 2.72. The molecule has 4 nitrogen and oxygen atoms in total. The molecule has 1 aliphatic heterocycles. The van der Waals surface area contributed by atoms with Crippen molar-refractivity contribution >= 4 is 5.96 Å². The van der Waals surface area contributed by atoms with Crippen LogP contribution in [0.1, 0.15) is 38.5 Å². The van der Waals surface area contributed by atoms with Crippen molar-refractivity contribution in [1.82, 2.24) is 10.6 Å². The highest BCUT2D eigenvalue weighted by Gasteiger charge is 2.09. The predicted octanol–water partition coefficient (Wildman–Crippen LogP) is 0.782. The Hall–Kier alpha value is -0.770. The fourth-order valence-corrected chi connectivity index (χ4v) is 1.91. The molecule has 1 heterocycles. The normalized spacial score (nSPS) is 23.6. The smallest absolute Gasteiger partial charge is 0.185 e. The van der Waals surface area contributed by atoms with Crippen molar-refractivity contribution in [3.05, 3.63) is 0 Å². The molecular weight excluding hydrogens is 176 g/mol. The molecule has 82 valence electrons. The van der Waals surface area contributed by atoms with E-state index in [1.54, 1.807) is 0 Å². The number of hydrogen-bond donors (Lipinski definition) is 4. The van der Waals surface area contributed by atoms with Crippen LogP contribution < -0.4 is 16.4 Å². The molecule has 0 aromatic rings. The minimum absolute atomic E-state index is 0.0795. The largest absolute Gasteiger partial charge is 0.370 e. The second-order valence-electron chi connectivity index (χ2n) is 3.98. The zero-order valence-electron chi connectivity index (χ0n) is 8.81. The topological polar surface area (TPSA) is 73.9 Å². The highest BCUT2D eigenvalue weighted by molar-refractivity contribution is 5.74. The van der Waals surface area contributed by atoms with Crippen LogP contribution in [-0.2, 0) is 0 Å². The molecule has 1 rings (SSSR count). The number of hydrogen-bond acceptors (Lipinski definition) is 2. The Morgan fingerprint density at radius 2 is 2.14 bits per heavy atom. The van der Waals surface area contributed by atoms with Gasteiger partial charge in [0, 0.05) is 12.6 Å². The van der Waals surface area contributed by atoms with Crippen molar-refractivity contribution < 1.29 is 0 Å². The van der Waals surface area contributed by atoms with Crippen LogP contribution in [0.25, 0.3) is 0 Å². The van der Waals surface area contributed by atoms with Gasteiger partial charge in [-0.15, -0.1) is 0 Å². The van der Waals surface area contributed by atoms with E-state index in [0.29, 0.717) is 6.04 Å². The Kier molecular flexibility index (Phi) is 5.37. The molecule has 1 saturated heterocycles. The monoisotopic (exact) mass is 198 g/mol. The quantitative estimate of drug-likeness (QED) is 0.400. The van der Waals surface area contributed by atoms with Crippen molar-refractivity contribution in [3.8, 4) is 0 Å². The number of guanidine groups is 1. The molecule has 0 aromatic heterocycles. The van der Waals surface area contributed by atoms with Crippen LogP contribution in [0.3, 0.4) is 0 Å². The Morgan fingerprint density at radius 1 is 1.36 bits per heavy atom. The Morgan fingerprint density at radius 3 is 2.93 bits per heavy atom. The van der Waals surface area contributed by atoms with Gasteiger partial charge in [0.2, 0.25) is 0 Å². The van der Waals surface area contributed by atoms with E-state index < -0.39 is 0 Å². The van der Waals surface area contributed by atoms with E-state index in [1.165, 1.54) is 32.1 Å². The van der Waals surface area contributed by atoms with Crippen molar-refractivity contribution in [3.63, 3.8) is 0 Å². The van der Waals surface area contributed by atoms with Gasteiger partial charge < -0.3 is 16.4 Å². The molecule has 1 fully saturated rings. The molecule has 0 saturated carbocycles. The van der Waals surface area contributed by atoms with Gasteiger partial charge in [0.1, 0.15) is 0 Å². The average Bonchev–Trinajstić information content (AvgIpc) is 2.07. The molecule has 1 atom stereocenters. The first-order chi connectivity index (χ1) is 6.79. The van der Waals surface area contributed by atoms with E-state index in [1.807, 2.05) is 0 Å². The summed E-state index contributed by atoms with van der Waals surface area (Å²) in [5.74, 6) is 0.0795. The maximum atomic E-state index is 7.04. The number of nitrogens with one attached hydrogen (secondary N) is 3. The van der Waals surface area contributed by atoms with Crippen LogP contribution in [0.15, 0.2) is 0 Å². The van der Waals surface area contributed by atoms with Gasteiger partial charge >= 0.3 is 0 Å². The van der Waals surface area contributed by atoms with Crippen molar-refractivity contribution in [2.45, 2.75) is 44.6 Å². The van der Waals surface area contributed by atoms with Gasteiger partial charge in [0.15, 0.2) is 5.96 Å². The Bertz CT molecular complexity index is 162. The lowest BCUT2D eigenvalue weighted by Crippen LogP contribution is -2.37. The Balaban J connectivity index is 2.10. The molecule has 0 radical (unpaired) electrons. The summed E-state index contributed by atoms with van der Waals surface area (Å²) in [6.07, 6.45) is 7.71. The van der Waals surface area contributed by atoms with E-state index in [2.05, 4.69) is 10.6 Å². The van der Waals surface area contributed by atoms with Gasteiger partial charge in [-0.1, -0.05) is 19.3 Å². The SMILES string of the molecule is N=C(N)NCCC1CCCCCCN1. The molecule has 1 unspecified atom stereocenters. The summed E-state index contributed by atoms with van der Waals surface area (Å²) in [6.45, 7) is 1.96. The molecule has 14 heavy (non-hydrogen) atoms. The summed E-state index contributed by atoms with van der Waals surface area (Å²) in [5, 5.41) is 13.4. The second kappa shape index (κ2) is 6.65. The lowest BCUT2D eigenvalue weighted by Gasteiger charge is -2.21. The van der Waals surface area contributed by atoms with Gasteiger partial charge in [0.25, 0.3) is 0 Å². The van der Waals surface area contributed by atoms with E-state index in [-0.39, 0.29) is 5.96 Å². The highest BCUT2D eigenvalue weighted by Crippen LogP contribution is 2.10. The number of nitrogens with two attached hydrogens (primary N) is 1. The van der Waals surface area contributed by atoms with Gasteiger partial charge in [0.05, 0.1) is 0 Å². The lowest BCUT2D eigenvalue weighted by atomic mass is 10.0. The molecule has 1 aliphatic rings. The maximum absolute atomic E-state index is 7.04. The summed E-state index contributed by atoms with van der Waals surface area (Å²) < 4.78 is 0. The first kappa shape index (κ1) is 11.3. The van der Waals surface area contributed by atoms with Gasteiger partial charge in [-0.2, -0.15) is 0 Å². The lowest BCUT2D eigenvalue weighted by molar-refractivity contribution is 0.398. The minimum atomic E-state index is 0.0795. The number of rotatable bonds is 3.